The molecule has 0 aliphatic carbocycles. The van der Waals surface area contributed by atoms with E-state index in [1.54, 1.807) is 25.1 Å². The standard InChI is InChI=1S/C14H12BrCl2NO2S/c1-18(14(19)10-6-12(16)21-13(10)17)7-8-5-9(15)3-4-11(8)20-2/h3-6H,7H2,1-2H3. The number of nitrogens with zero attached hydrogens (tertiary/aromatic N) is 1. The molecule has 1 heterocycles. The van der Waals surface area contributed by atoms with Crippen molar-refractivity contribution in [2.45, 2.75) is 6.54 Å². The minimum Gasteiger partial charge on any atom is -0.496 e. The molecule has 21 heavy (non-hydrogen) atoms. The van der Waals surface area contributed by atoms with Crippen molar-refractivity contribution in [3.8, 4) is 5.75 Å². The van der Waals surface area contributed by atoms with Gasteiger partial charge >= 0.3 is 0 Å². The first-order valence-corrected chi connectivity index (χ1v) is 8.31. The molecule has 2 aromatic rings. The Morgan fingerprint density at radius 2 is 2.10 bits per heavy atom. The van der Waals surface area contributed by atoms with Gasteiger partial charge in [0.05, 0.1) is 17.0 Å². The molecule has 3 nitrogen and oxygen atoms in total. The van der Waals surface area contributed by atoms with E-state index in [0.717, 1.165) is 15.8 Å². The van der Waals surface area contributed by atoms with Gasteiger partial charge in [-0.25, -0.2) is 0 Å². The van der Waals surface area contributed by atoms with E-state index in [1.165, 1.54) is 11.3 Å². The molecular weight excluding hydrogens is 397 g/mol. The van der Waals surface area contributed by atoms with E-state index in [-0.39, 0.29) is 5.91 Å². The lowest BCUT2D eigenvalue weighted by atomic mass is 10.2. The molecule has 0 aliphatic heterocycles. The molecule has 0 radical (unpaired) electrons. The van der Waals surface area contributed by atoms with Crippen LogP contribution in [0.2, 0.25) is 8.67 Å². The van der Waals surface area contributed by atoms with Gasteiger partial charge in [-0.05, 0) is 24.3 Å². The predicted molar refractivity (Wildman–Crippen MR) is 90.8 cm³/mol. The highest BCUT2D eigenvalue weighted by atomic mass is 79.9. The van der Waals surface area contributed by atoms with Crippen LogP contribution in [0.3, 0.4) is 0 Å². The summed E-state index contributed by atoms with van der Waals surface area (Å²) in [6.07, 6.45) is 0. The molecule has 0 unspecified atom stereocenters. The second-order valence-corrected chi connectivity index (χ2v) is 7.56. The minimum atomic E-state index is -0.176. The number of methoxy groups -OCH3 is 1. The summed E-state index contributed by atoms with van der Waals surface area (Å²) in [4.78, 5) is 14.0. The number of carbonyl (C=O) groups is 1. The van der Waals surface area contributed by atoms with Crippen molar-refractivity contribution in [1.29, 1.82) is 0 Å². The fraction of sp³-hybridized carbons (Fsp3) is 0.214. The first kappa shape index (κ1) is 16.6. The highest BCUT2D eigenvalue weighted by molar-refractivity contribution is 9.10. The van der Waals surface area contributed by atoms with Crippen molar-refractivity contribution >= 4 is 56.4 Å². The van der Waals surface area contributed by atoms with Crippen LogP contribution in [-0.2, 0) is 6.54 Å². The topological polar surface area (TPSA) is 29.5 Å². The molecule has 0 fully saturated rings. The maximum atomic E-state index is 12.4. The lowest BCUT2D eigenvalue weighted by molar-refractivity contribution is 0.0785. The highest BCUT2D eigenvalue weighted by Crippen LogP contribution is 2.32. The van der Waals surface area contributed by atoms with Crippen LogP contribution in [0.15, 0.2) is 28.7 Å². The summed E-state index contributed by atoms with van der Waals surface area (Å²) in [6, 6.07) is 7.25. The van der Waals surface area contributed by atoms with Crippen LogP contribution in [0.1, 0.15) is 15.9 Å². The molecule has 0 bridgehead atoms. The van der Waals surface area contributed by atoms with E-state index < -0.39 is 0 Å². The van der Waals surface area contributed by atoms with Gasteiger partial charge in [0.15, 0.2) is 0 Å². The number of benzene rings is 1. The van der Waals surface area contributed by atoms with Crippen molar-refractivity contribution < 1.29 is 9.53 Å². The molecule has 112 valence electrons. The summed E-state index contributed by atoms with van der Waals surface area (Å²) in [7, 11) is 3.31. The largest absolute Gasteiger partial charge is 0.496 e. The van der Waals surface area contributed by atoms with E-state index in [4.69, 9.17) is 27.9 Å². The van der Waals surface area contributed by atoms with Gasteiger partial charge in [0.25, 0.3) is 5.91 Å². The first-order chi connectivity index (χ1) is 9.92. The molecule has 0 N–H and O–H groups in total. The minimum absolute atomic E-state index is 0.176. The smallest absolute Gasteiger partial charge is 0.256 e. The molecule has 0 saturated heterocycles. The Kier molecular flexibility index (Phi) is 5.54. The number of hydrogen-bond donors (Lipinski definition) is 0. The van der Waals surface area contributed by atoms with Crippen LogP contribution in [-0.4, -0.2) is 25.0 Å². The van der Waals surface area contributed by atoms with Crippen LogP contribution < -0.4 is 4.74 Å². The molecule has 2 rings (SSSR count). The third-order valence-electron chi connectivity index (χ3n) is 2.88. The number of amides is 1. The number of carbonyl (C=O) groups excluding carboxylic acids is 1. The zero-order valence-corrected chi connectivity index (χ0v) is 15.2. The van der Waals surface area contributed by atoms with Crippen LogP contribution >= 0.6 is 50.5 Å². The molecule has 0 aliphatic rings. The SMILES string of the molecule is COc1ccc(Br)cc1CN(C)C(=O)c1cc(Cl)sc1Cl. The maximum Gasteiger partial charge on any atom is 0.256 e. The van der Waals surface area contributed by atoms with E-state index in [9.17, 15) is 4.79 Å². The van der Waals surface area contributed by atoms with Crippen LogP contribution in [0.5, 0.6) is 5.75 Å². The van der Waals surface area contributed by atoms with Crippen molar-refractivity contribution in [2.24, 2.45) is 0 Å². The van der Waals surface area contributed by atoms with Gasteiger partial charge in [-0.1, -0.05) is 39.1 Å². The number of thiophene rings is 1. The summed E-state index contributed by atoms with van der Waals surface area (Å²) >= 11 is 16.5. The van der Waals surface area contributed by atoms with Crippen LogP contribution in [0, 0.1) is 0 Å². The highest BCUT2D eigenvalue weighted by Gasteiger charge is 2.19. The van der Waals surface area contributed by atoms with Gasteiger partial charge in [-0.2, -0.15) is 0 Å². The third-order valence-corrected chi connectivity index (χ3v) is 4.86. The maximum absolute atomic E-state index is 12.4. The van der Waals surface area contributed by atoms with Crippen molar-refractivity contribution in [2.75, 3.05) is 14.2 Å². The average molecular weight is 409 g/mol. The second kappa shape index (κ2) is 7.01. The van der Waals surface area contributed by atoms with Gasteiger partial charge in [0.1, 0.15) is 10.1 Å². The molecular formula is C14H12BrCl2NO2S. The molecule has 1 aromatic heterocycles. The number of halogens is 3. The van der Waals surface area contributed by atoms with Gasteiger partial charge in [0.2, 0.25) is 0 Å². The van der Waals surface area contributed by atoms with Gasteiger partial charge in [-0.3, -0.25) is 4.79 Å². The number of rotatable bonds is 4. The van der Waals surface area contributed by atoms with E-state index in [2.05, 4.69) is 15.9 Å². The Labute approximate surface area is 145 Å². The summed E-state index contributed by atoms with van der Waals surface area (Å²) in [5.74, 6) is 0.553. The molecule has 1 amide bonds. The summed E-state index contributed by atoms with van der Waals surface area (Å²) in [5, 5.41) is 0. The fourth-order valence-electron chi connectivity index (χ4n) is 1.89. The lowest BCUT2D eigenvalue weighted by Gasteiger charge is -2.19. The predicted octanol–water partition coefficient (Wildman–Crippen LogP) is 5.10. The molecule has 1 aromatic carbocycles. The Hall–Kier alpha value is -0.750. The average Bonchev–Trinajstić information content (AvgIpc) is 2.77. The second-order valence-electron chi connectivity index (χ2n) is 4.36. The molecule has 7 heteroatoms. The molecule has 0 saturated carbocycles. The molecule has 0 spiro atoms. The Morgan fingerprint density at radius 3 is 2.67 bits per heavy atom. The van der Waals surface area contributed by atoms with Crippen molar-refractivity contribution in [3.63, 3.8) is 0 Å². The van der Waals surface area contributed by atoms with Gasteiger partial charge in [0, 0.05) is 23.6 Å². The van der Waals surface area contributed by atoms with Crippen LogP contribution in [0.4, 0.5) is 0 Å². The van der Waals surface area contributed by atoms with Crippen molar-refractivity contribution in [1.82, 2.24) is 4.90 Å². The van der Waals surface area contributed by atoms with Crippen molar-refractivity contribution in [3.05, 3.63) is 48.5 Å². The summed E-state index contributed by atoms with van der Waals surface area (Å²) in [5.41, 5.74) is 1.32. The summed E-state index contributed by atoms with van der Waals surface area (Å²) < 4.78 is 7.14. The normalized spacial score (nSPS) is 10.5. The quantitative estimate of drug-likeness (QED) is 0.704. The van der Waals surface area contributed by atoms with Crippen LogP contribution in [0.25, 0.3) is 0 Å². The summed E-state index contributed by atoms with van der Waals surface area (Å²) in [6.45, 7) is 0.408. The monoisotopic (exact) mass is 407 g/mol. The Morgan fingerprint density at radius 1 is 1.38 bits per heavy atom. The van der Waals surface area contributed by atoms with Gasteiger partial charge < -0.3 is 9.64 Å². The van der Waals surface area contributed by atoms with Gasteiger partial charge in [-0.15, -0.1) is 11.3 Å². The Bertz CT molecular complexity index is 675. The fourth-order valence-corrected chi connectivity index (χ4v) is 3.75. The zero-order chi connectivity index (χ0) is 15.6. The van der Waals surface area contributed by atoms with E-state index >= 15 is 0 Å². The van der Waals surface area contributed by atoms with E-state index in [1.807, 2.05) is 18.2 Å². The number of hydrogen-bond acceptors (Lipinski definition) is 3. The third kappa shape index (κ3) is 3.92. The number of ether oxygens (including phenoxy) is 1. The van der Waals surface area contributed by atoms with E-state index in [0.29, 0.717) is 20.8 Å². The Balaban J connectivity index is 2.21. The lowest BCUT2D eigenvalue weighted by Crippen LogP contribution is -2.26. The molecule has 0 atom stereocenters. The zero-order valence-electron chi connectivity index (χ0n) is 11.3. The first-order valence-electron chi connectivity index (χ1n) is 5.95.